The molecule has 0 aliphatic carbocycles. The molecular weight excluding hydrogens is 104 g/mol. The summed E-state index contributed by atoms with van der Waals surface area (Å²) in [5, 5.41) is 0. The zero-order valence-corrected chi connectivity index (χ0v) is 5.39. The average molecular weight is 114 g/mol. The summed E-state index contributed by atoms with van der Waals surface area (Å²) in [4.78, 5) is 10.6. The molecule has 0 aromatic rings. The number of Topliss-reactive ketones (excluding diaryl/α,β-unsaturated/α-hetero) is 1. The van der Waals surface area contributed by atoms with Crippen LogP contribution in [0.4, 0.5) is 0 Å². The molecule has 46 valence electrons. The first kappa shape index (κ1) is 5.76. The van der Waals surface area contributed by atoms with Crippen LogP contribution in [0.5, 0.6) is 0 Å². The van der Waals surface area contributed by atoms with Crippen LogP contribution >= 0.6 is 0 Å². The van der Waals surface area contributed by atoms with Gasteiger partial charge in [-0.2, -0.15) is 0 Å². The summed E-state index contributed by atoms with van der Waals surface area (Å²) in [6.07, 6.45) is 0.139. The maximum Gasteiger partial charge on any atom is 0.163 e. The van der Waals surface area contributed by atoms with E-state index in [4.69, 9.17) is 4.74 Å². The Bertz CT molecular complexity index is 130. The van der Waals surface area contributed by atoms with Crippen LogP contribution in [0.3, 0.4) is 0 Å². The Kier molecular flexibility index (Phi) is 0.949. The minimum atomic E-state index is -0.431. The fourth-order valence-electron chi connectivity index (χ4n) is 0.702. The van der Waals surface area contributed by atoms with Gasteiger partial charge >= 0.3 is 0 Å². The number of epoxide rings is 1. The Morgan fingerprint density at radius 3 is 2.12 bits per heavy atom. The van der Waals surface area contributed by atoms with Crippen molar-refractivity contribution < 1.29 is 9.53 Å². The van der Waals surface area contributed by atoms with Crippen LogP contribution in [0.1, 0.15) is 20.8 Å². The molecule has 0 amide bonds. The van der Waals surface area contributed by atoms with Gasteiger partial charge in [0, 0.05) is 0 Å². The van der Waals surface area contributed by atoms with E-state index in [1.54, 1.807) is 6.92 Å². The summed E-state index contributed by atoms with van der Waals surface area (Å²) < 4.78 is 5.02. The van der Waals surface area contributed by atoms with Crippen LogP contribution in [0, 0.1) is 0 Å². The molecular formula is C6H10O2. The predicted molar refractivity (Wildman–Crippen MR) is 29.6 cm³/mol. The summed E-state index contributed by atoms with van der Waals surface area (Å²) in [7, 11) is 0. The minimum Gasteiger partial charge on any atom is -0.358 e. The first-order chi connectivity index (χ1) is 3.57. The number of hydrogen-bond acceptors (Lipinski definition) is 2. The Balaban J connectivity index is 2.60. The lowest BCUT2D eigenvalue weighted by Gasteiger charge is -1.94. The highest BCUT2D eigenvalue weighted by Gasteiger charge is 2.52. The summed E-state index contributed by atoms with van der Waals surface area (Å²) in [5.74, 6) is 0.130. The van der Waals surface area contributed by atoms with Crippen molar-refractivity contribution >= 4 is 5.78 Å². The van der Waals surface area contributed by atoms with Crippen molar-refractivity contribution in [1.82, 2.24) is 0 Å². The molecule has 0 saturated carbocycles. The van der Waals surface area contributed by atoms with E-state index >= 15 is 0 Å². The molecule has 0 bridgehead atoms. The summed E-state index contributed by atoms with van der Waals surface area (Å²) in [6, 6.07) is 0. The largest absolute Gasteiger partial charge is 0.358 e. The fraction of sp³-hybridized carbons (Fsp3) is 0.833. The number of hydrogen-bond donors (Lipinski definition) is 0. The van der Waals surface area contributed by atoms with Gasteiger partial charge in [0.05, 0.1) is 6.10 Å². The number of rotatable bonds is 1. The Labute approximate surface area is 48.8 Å². The molecule has 1 aliphatic rings. The van der Waals surface area contributed by atoms with E-state index < -0.39 is 5.60 Å². The zero-order chi connectivity index (χ0) is 6.36. The molecule has 2 unspecified atom stereocenters. The minimum absolute atomic E-state index is 0.130. The van der Waals surface area contributed by atoms with Gasteiger partial charge in [-0.15, -0.1) is 0 Å². The van der Waals surface area contributed by atoms with Crippen molar-refractivity contribution in [1.29, 1.82) is 0 Å². The van der Waals surface area contributed by atoms with E-state index in [9.17, 15) is 4.79 Å². The van der Waals surface area contributed by atoms with Gasteiger partial charge < -0.3 is 4.74 Å². The molecule has 0 N–H and O–H groups in total. The topological polar surface area (TPSA) is 29.6 Å². The Hall–Kier alpha value is -0.370. The van der Waals surface area contributed by atoms with Crippen molar-refractivity contribution in [3.63, 3.8) is 0 Å². The molecule has 1 saturated heterocycles. The second kappa shape index (κ2) is 1.32. The van der Waals surface area contributed by atoms with Crippen LogP contribution < -0.4 is 0 Å². The van der Waals surface area contributed by atoms with Crippen molar-refractivity contribution in [2.45, 2.75) is 32.5 Å². The van der Waals surface area contributed by atoms with Gasteiger partial charge in [0.1, 0.15) is 5.60 Å². The van der Waals surface area contributed by atoms with Crippen molar-refractivity contribution in [2.75, 3.05) is 0 Å². The van der Waals surface area contributed by atoms with Gasteiger partial charge in [0.15, 0.2) is 5.78 Å². The summed E-state index contributed by atoms with van der Waals surface area (Å²) in [6.45, 7) is 5.28. The lowest BCUT2D eigenvalue weighted by molar-refractivity contribution is -0.121. The first-order valence-electron chi connectivity index (χ1n) is 2.76. The van der Waals surface area contributed by atoms with E-state index in [0.29, 0.717) is 0 Å². The van der Waals surface area contributed by atoms with Gasteiger partial charge in [-0.05, 0) is 20.8 Å². The summed E-state index contributed by atoms with van der Waals surface area (Å²) >= 11 is 0. The van der Waals surface area contributed by atoms with Gasteiger partial charge in [-0.3, -0.25) is 4.79 Å². The van der Waals surface area contributed by atoms with Gasteiger partial charge in [0.25, 0.3) is 0 Å². The van der Waals surface area contributed by atoms with Crippen LogP contribution in [0.25, 0.3) is 0 Å². The van der Waals surface area contributed by atoms with Crippen molar-refractivity contribution in [3.05, 3.63) is 0 Å². The Morgan fingerprint density at radius 2 is 2.12 bits per heavy atom. The molecule has 1 fully saturated rings. The molecule has 0 aromatic carbocycles. The van der Waals surface area contributed by atoms with E-state index in [1.807, 2.05) is 13.8 Å². The SMILES string of the molecule is CC(=O)C1(C)OC1C. The maximum atomic E-state index is 10.6. The van der Waals surface area contributed by atoms with Crippen LogP contribution in [-0.2, 0) is 9.53 Å². The fourth-order valence-corrected chi connectivity index (χ4v) is 0.702. The second-order valence-electron chi connectivity index (χ2n) is 2.42. The number of carbonyl (C=O) groups excluding carboxylic acids is 1. The number of ether oxygens (including phenoxy) is 1. The van der Waals surface area contributed by atoms with E-state index in [-0.39, 0.29) is 11.9 Å². The van der Waals surface area contributed by atoms with Crippen LogP contribution in [0.15, 0.2) is 0 Å². The van der Waals surface area contributed by atoms with Crippen molar-refractivity contribution in [2.24, 2.45) is 0 Å². The van der Waals surface area contributed by atoms with Gasteiger partial charge in [-0.25, -0.2) is 0 Å². The molecule has 1 heterocycles. The highest BCUT2D eigenvalue weighted by molar-refractivity contribution is 5.87. The molecule has 2 heteroatoms. The highest BCUT2D eigenvalue weighted by Crippen LogP contribution is 2.35. The molecule has 2 atom stereocenters. The third-order valence-corrected chi connectivity index (χ3v) is 1.84. The Morgan fingerprint density at radius 1 is 1.75 bits per heavy atom. The van der Waals surface area contributed by atoms with Gasteiger partial charge in [0.2, 0.25) is 0 Å². The molecule has 0 radical (unpaired) electrons. The van der Waals surface area contributed by atoms with Crippen LogP contribution in [-0.4, -0.2) is 17.5 Å². The predicted octanol–water partition coefficient (Wildman–Crippen LogP) is 0.753. The van der Waals surface area contributed by atoms with E-state index in [2.05, 4.69) is 0 Å². The first-order valence-corrected chi connectivity index (χ1v) is 2.76. The molecule has 1 aliphatic heterocycles. The standard InChI is InChI=1S/C6H10O2/c1-4(7)6(3)5(2)8-6/h5H,1-3H3. The quantitative estimate of drug-likeness (QED) is 0.471. The molecule has 2 nitrogen and oxygen atoms in total. The monoisotopic (exact) mass is 114 g/mol. The van der Waals surface area contributed by atoms with Crippen LogP contribution in [0.2, 0.25) is 0 Å². The number of carbonyl (C=O) groups is 1. The summed E-state index contributed by atoms with van der Waals surface area (Å²) in [5.41, 5.74) is -0.431. The van der Waals surface area contributed by atoms with E-state index in [1.165, 1.54) is 0 Å². The number of ketones is 1. The van der Waals surface area contributed by atoms with Crippen molar-refractivity contribution in [3.8, 4) is 0 Å². The zero-order valence-electron chi connectivity index (χ0n) is 5.39. The third-order valence-electron chi connectivity index (χ3n) is 1.84. The lowest BCUT2D eigenvalue weighted by atomic mass is 10.1. The third kappa shape index (κ3) is 0.564. The molecule has 0 spiro atoms. The average Bonchev–Trinajstić information content (AvgIpc) is 2.17. The normalized spacial score (nSPS) is 44.1. The maximum absolute atomic E-state index is 10.6. The lowest BCUT2D eigenvalue weighted by Crippen LogP contribution is -2.18. The molecule has 8 heavy (non-hydrogen) atoms. The highest BCUT2D eigenvalue weighted by atomic mass is 16.6. The van der Waals surface area contributed by atoms with E-state index in [0.717, 1.165) is 0 Å². The molecule has 0 aromatic heterocycles. The molecule has 1 rings (SSSR count). The smallest absolute Gasteiger partial charge is 0.163 e. The second-order valence-corrected chi connectivity index (χ2v) is 2.42. The van der Waals surface area contributed by atoms with Gasteiger partial charge in [-0.1, -0.05) is 0 Å².